The summed E-state index contributed by atoms with van der Waals surface area (Å²) in [5.41, 5.74) is 6.19. The number of methoxy groups -OCH3 is 2. The van der Waals surface area contributed by atoms with Crippen LogP contribution in [0.3, 0.4) is 0 Å². The molecule has 0 radical (unpaired) electrons. The maximum atomic E-state index is 12.2. The molecule has 0 fully saturated rings. The first kappa shape index (κ1) is 19.0. The molecule has 3 N–H and O–H groups in total. The second-order valence-corrected chi connectivity index (χ2v) is 4.67. The van der Waals surface area contributed by atoms with E-state index in [9.17, 15) is 18.0 Å². The number of hydrogen-bond donors (Lipinski definition) is 2. The number of halogens is 3. The topological polar surface area (TPSA) is 82.8 Å². The predicted octanol–water partition coefficient (Wildman–Crippen LogP) is 1.23. The van der Waals surface area contributed by atoms with Gasteiger partial charge in [-0.2, -0.15) is 13.2 Å². The summed E-state index contributed by atoms with van der Waals surface area (Å²) in [6.07, 6.45) is -4.44. The fourth-order valence-corrected chi connectivity index (χ4v) is 1.68. The van der Waals surface area contributed by atoms with E-state index in [0.29, 0.717) is 5.56 Å². The van der Waals surface area contributed by atoms with Crippen LogP contribution < -0.4 is 20.5 Å². The number of nitrogens with one attached hydrogen (secondary N) is 1. The maximum absolute atomic E-state index is 12.2. The van der Waals surface area contributed by atoms with E-state index in [1.165, 1.54) is 32.4 Å². The lowest BCUT2D eigenvalue weighted by Gasteiger charge is -2.14. The molecule has 6 nitrogen and oxygen atoms in total. The molecular formula is C14H19F3N2O4. The summed E-state index contributed by atoms with van der Waals surface area (Å²) in [4.78, 5) is 11.6. The molecule has 23 heavy (non-hydrogen) atoms. The minimum atomic E-state index is -4.44. The molecule has 9 heteroatoms. The van der Waals surface area contributed by atoms with Gasteiger partial charge in [-0.25, -0.2) is 0 Å². The van der Waals surface area contributed by atoms with Crippen LogP contribution in [0.2, 0.25) is 0 Å². The highest BCUT2D eigenvalue weighted by Gasteiger charge is 2.29. The average molecular weight is 336 g/mol. The molecule has 0 bridgehead atoms. The molecule has 1 amide bonds. The van der Waals surface area contributed by atoms with Gasteiger partial charge in [-0.05, 0) is 17.7 Å². The summed E-state index contributed by atoms with van der Waals surface area (Å²) in [5.74, 6) is -0.290. The van der Waals surface area contributed by atoms with Crippen LogP contribution in [0, 0.1) is 0 Å². The van der Waals surface area contributed by atoms with Crippen LogP contribution >= 0.6 is 0 Å². The van der Waals surface area contributed by atoms with Crippen LogP contribution in [0.1, 0.15) is 5.56 Å². The molecule has 0 aliphatic heterocycles. The molecule has 0 spiro atoms. The number of ether oxygens (including phenoxy) is 3. The van der Waals surface area contributed by atoms with Gasteiger partial charge in [0, 0.05) is 13.7 Å². The second kappa shape index (κ2) is 8.59. The Morgan fingerprint density at radius 3 is 2.57 bits per heavy atom. The summed E-state index contributed by atoms with van der Waals surface area (Å²) < 4.78 is 50.9. The van der Waals surface area contributed by atoms with Gasteiger partial charge in [0.2, 0.25) is 5.91 Å². The molecule has 0 aromatic heterocycles. The van der Waals surface area contributed by atoms with Crippen molar-refractivity contribution in [1.29, 1.82) is 0 Å². The zero-order valence-corrected chi connectivity index (χ0v) is 12.8. The van der Waals surface area contributed by atoms with E-state index in [1.54, 1.807) is 0 Å². The first-order valence-electron chi connectivity index (χ1n) is 6.65. The quantitative estimate of drug-likeness (QED) is 0.746. The third-order valence-electron chi connectivity index (χ3n) is 2.77. The average Bonchev–Trinajstić information content (AvgIpc) is 2.50. The van der Waals surface area contributed by atoms with E-state index in [-0.39, 0.29) is 24.7 Å². The van der Waals surface area contributed by atoms with Crippen molar-refractivity contribution in [1.82, 2.24) is 5.32 Å². The van der Waals surface area contributed by atoms with Crippen LogP contribution in [0.4, 0.5) is 13.2 Å². The van der Waals surface area contributed by atoms with Gasteiger partial charge >= 0.3 is 6.18 Å². The molecule has 0 saturated heterocycles. The van der Waals surface area contributed by atoms with Crippen molar-refractivity contribution in [2.24, 2.45) is 5.73 Å². The number of hydrogen-bond acceptors (Lipinski definition) is 5. The third kappa shape index (κ3) is 6.74. The maximum Gasteiger partial charge on any atom is 0.422 e. The second-order valence-electron chi connectivity index (χ2n) is 4.67. The molecule has 1 unspecified atom stereocenters. The molecular weight excluding hydrogens is 317 g/mol. The molecule has 0 aliphatic carbocycles. The highest BCUT2D eigenvalue weighted by atomic mass is 19.4. The van der Waals surface area contributed by atoms with Gasteiger partial charge in [0.1, 0.15) is 6.04 Å². The summed E-state index contributed by atoms with van der Waals surface area (Å²) in [7, 11) is 2.74. The zero-order valence-electron chi connectivity index (χ0n) is 12.8. The van der Waals surface area contributed by atoms with Gasteiger partial charge in [0.05, 0.1) is 13.7 Å². The Kier molecular flexibility index (Phi) is 7.11. The normalized spacial score (nSPS) is 12.6. The molecule has 0 saturated carbocycles. The van der Waals surface area contributed by atoms with Crippen molar-refractivity contribution in [3.8, 4) is 11.5 Å². The van der Waals surface area contributed by atoms with Crippen molar-refractivity contribution >= 4 is 5.91 Å². The first-order chi connectivity index (χ1) is 10.8. The minimum absolute atomic E-state index is 0.0315. The number of amides is 1. The monoisotopic (exact) mass is 336 g/mol. The molecule has 1 atom stereocenters. The predicted molar refractivity (Wildman–Crippen MR) is 76.2 cm³/mol. The van der Waals surface area contributed by atoms with E-state index < -0.39 is 24.7 Å². The number of alkyl halides is 3. The first-order valence-corrected chi connectivity index (χ1v) is 6.65. The Morgan fingerprint density at radius 2 is 2.00 bits per heavy atom. The van der Waals surface area contributed by atoms with E-state index in [0.717, 1.165) is 0 Å². The van der Waals surface area contributed by atoms with Gasteiger partial charge in [-0.1, -0.05) is 6.07 Å². The highest BCUT2D eigenvalue weighted by Crippen LogP contribution is 2.29. The van der Waals surface area contributed by atoms with Crippen LogP contribution in [0.25, 0.3) is 0 Å². The summed E-state index contributed by atoms with van der Waals surface area (Å²) >= 11 is 0. The molecule has 0 aliphatic rings. The van der Waals surface area contributed by atoms with Crippen LogP contribution in [0.5, 0.6) is 11.5 Å². The van der Waals surface area contributed by atoms with Gasteiger partial charge in [0.15, 0.2) is 18.1 Å². The number of carbonyl (C=O) groups excluding carboxylic acids is 1. The minimum Gasteiger partial charge on any atom is -0.493 e. The van der Waals surface area contributed by atoms with Gasteiger partial charge in [0.25, 0.3) is 0 Å². The molecule has 1 aromatic rings. The largest absolute Gasteiger partial charge is 0.493 e. The molecule has 1 rings (SSSR count). The molecule has 1 aromatic carbocycles. The lowest BCUT2D eigenvalue weighted by molar-refractivity contribution is -0.153. The Balaban J connectivity index is 2.66. The van der Waals surface area contributed by atoms with E-state index in [4.69, 9.17) is 15.2 Å². The van der Waals surface area contributed by atoms with Crippen molar-refractivity contribution in [2.45, 2.75) is 18.8 Å². The van der Waals surface area contributed by atoms with Crippen molar-refractivity contribution in [3.05, 3.63) is 23.8 Å². The summed E-state index contributed by atoms with van der Waals surface area (Å²) in [6, 6.07) is 3.56. The fraction of sp³-hybridized carbons (Fsp3) is 0.500. The number of benzene rings is 1. The van der Waals surface area contributed by atoms with Crippen LogP contribution in [0.15, 0.2) is 18.2 Å². The van der Waals surface area contributed by atoms with Gasteiger partial charge < -0.3 is 25.3 Å². The SMILES string of the molecule is COCC(N)C(=O)NCc1ccc(OCC(F)(F)F)c(OC)c1. The summed E-state index contributed by atoms with van der Waals surface area (Å²) in [5, 5.41) is 2.59. The highest BCUT2D eigenvalue weighted by molar-refractivity contribution is 5.81. The standard InChI is InChI=1S/C14H19F3N2O4/c1-21-7-10(18)13(20)19-6-9-3-4-11(12(5-9)22-2)23-8-14(15,16)17/h3-5,10H,6-8,18H2,1-2H3,(H,19,20). The lowest BCUT2D eigenvalue weighted by Crippen LogP contribution is -2.43. The van der Waals surface area contributed by atoms with Gasteiger partial charge in [-0.15, -0.1) is 0 Å². The zero-order chi connectivity index (χ0) is 17.5. The number of rotatable bonds is 8. The van der Waals surface area contributed by atoms with E-state index in [2.05, 4.69) is 10.1 Å². The summed E-state index contributed by atoms with van der Waals surface area (Å²) in [6.45, 7) is -1.18. The Bertz CT molecular complexity index is 523. The Morgan fingerprint density at radius 1 is 1.30 bits per heavy atom. The van der Waals surface area contributed by atoms with E-state index in [1.807, 2.05) is 0 Å². The Hall–Kier alpha value is -2.00. The lowest BCUT2D eigenvalue weighted by atomic mass is 10.2. The Labute approximate surface area is 131 Å². The smallest absolute Gasteiger partial charge is 0.422 e. The number of carbonyl (C=O) groups is 1. The molecule has 0 heterocycles. The fourth-order valence-electron chi connectivity index (χ4n) is 1.68. The van der Waals surface area contributed by atoms with Crippen molar-refractivity contribution in [2.75, 3.05) is 27.4 Å². The van der Waals surface area contributed by atoms with Crippen molar-refractivity contribution < 1.29 is 32.2 Å². The van der Waals surface area contributed by atoms with E-state index >= 15 is 0 Å². The van der Waals surface area contributed by atoms with Gasteiger partial charge in [-0.3, -0.25) is 4.79 Å². The van der Waals surface area contributed by atoms with Crippen molar-refractivity contribution in [3.63, 3.8) is 0 Å². The number of nitrogens with two attached hydrogens (primary N) is 1. The third-order valence-corrected chi connectivity index (χ3v) is 2.77. The molecule has 130 valence electrons. The van der Waals surface area contributed by atoms with Crippen LogP contribution in [-0.4, -0.2) is 45.6 Å². The van der Waals surface area contributed by atoms with Crippen LogP contribution in [-0.2, 0) is 16.1 Å².